The third kappa shape index (κ3) is 1.98. The summed E-state index contributed by atoms with van der Waals surface area (Å²) in [5.41, 5.74) is 4.19. The van der Waals surface area contributed by atoms with Crippen LogP contribution in [0.3, 0.4) is 0 Å². The molecule has 16 heavy (non-hydrogen) atoms. The lowest BCUT2D eigenvalue weighted by Gasteiger charge is -2.13. The molecule has 3 nitrogen and oxygen atoms in total. The van der Waals surface area contributed by atoms with Crippen molar-refractivity contribution in [2.24, 2.45) is 0 Å². The Hall–Kier alpha value is -1.64. The zero-order chi connectivity index (χ0) is 12.5. The maximum absolute atomic E-state index is 11.8. The summed E-state index contributed by atoms with van der Waals surface area (Å²) in [5.74, 6) is -1.37. The van der Waals surface area contributed by atoms with E-state index >= 15 is 0 Å². The molecule has 0 bridgehead atoms. The first-order valence-electron chi connectivity index (χ1n) is 5.10. The molecule has 0 atom stereocenters. The van der Waals surface area contributed by atoms with Gasteiger partial charge in [0.25, 0.3) is 5.78 Å². The summed E-state index contributed by atoms with van der Waals surface area (Å²) < 4.78 is 4.47. The highest BCUT2D eigenvalue weighted by Gasteiger charge is 2.22. The number of benzene rings is 1. The third-order valence-electron chi connectivity index (χ3n) is 2.96. The number of rotatable bonds is 2. The van der Waals surface area contributed by atoms with Crippen LogP contribution in [0, 0.1) is 27.7 Å². The molecule has 3 heteroatoms. The van der Waals surface area contributed by atoms with Crippen molar-refractivity contribution < 1.29 is 14.3 Å². The first-order chi connectivity index (χ1) is 7.40. The van der Waals surface area contributed by atoms with Gasteiger partial charge >= 0.3 is 5.97 Å². The molecule has 0 amide bonds. The summed E-state index contributed by atoms with van der Waals surface area (Å²) in [6.45, 7) is 7.54. The molecule has 1 rings (SSSR count). The fourth-order valence-electron chi connectivity index (χ4n) is 1.75. The van der Waals surface area contributed by atoms with Gasteiger partial charge in [-0.3, -0.25) is 4.79 Å². The number of hydrogen-bond donors (Lipinski definition) is 0. The predicted molar refractivity (Wildman–Crippen MR) is 61.7 cm³/mol. The topological polar surface area (TPSA) is 43.4 Å². The summed E-state index contributed by atoms with van der Waals surface area (Å²) >= 11 is 0. The van der Waals surface area contributed by atoms with E-state index in [1.165, 1.54) is 7.11 Å². The van der Waals surface area contributed by atoms with Crippen molar-refractivity contribution in [3.05, 3.63) is 33.9 Å². The Balaban J connectivity index is 3.44. The molecular formula is C13H16O3. The summed E-state index contributed by atoms with van der Waals surface area (Å²) in [5, 5.41) is 0. The van der Waals surface area contributed by atoms with E-state index in [0.717, 1.165) is 22.3 Å². The molecule has 0 aliphatic carbocycles. The highest BCUT2D eigenvalue weighted by atomic mass is 16.5. The van der Waals surface area contributed by atoms with Crippen molar-refractivity contribution in [1.29, 1.82) is 0 Å². The van der Waals surface area contributed by atoms with Crippen LogP contribution in [0.15, 0.2) is 6.07 Å². The van der Waals surface area contributed by atoms with Crippen LogP contribution in [-0.4, -0.2) is 18.9 Å². The van der Waals surface area contributed by atoms with E-state index in [2.05, 4.69) is 4.74 Å². The Morgan fingerprint density at radius 3 is 1.81 bits per heavy atom. The number of ketones is 1. The molecule has 0 spiro atoms. The van der Waals surface area contributed by atoms with Crippen LogP contribution in [0.1, 0.15) is 32.6 Å². The minimum Gasteiger partial charge on any atom is -0.463 e. The fourth-order valence-corrected chi connectivity index (χ4v) is 1.75. The van der Waals surface area contributed by atoms with Crippen molar-refractivity contribution >= 4 is 11.8 Å². The van der Waals surface area contributed by atoms with Crippen LogP contribution in [0.5, 0.6) is 0 Å². The van der Waals surface area contributed by atoms with Gasteiger partial charge in [-0.05, 0) is 49.9 Å². The van der Waals surface area contributed by atoms with E-state index in [1.807, 2.05) is 33.8 Å². The second-order valence-electron chi connectivity index (χ2n) is 3.96. The zero-order valence-electron chi connectivity index (χ0n) is 10.3. The zero-order valence-corrected chi connectivity index (χ0v) is 10.3. The second kappa shape index (κ2) is 4.47. The highest BCUT2D eigenvalue weighted by Crippen LogP contribution is 2.22. The van der Waals surface area contributed by atoms with Gasteiger partial charge in [-0.15, -0.1) is 0 Å². The van der Waals surface area contributed by atoms with E-state index in [9.17, 15) is 9.59 Å². The van der Waals surface area contributed by atoms with Gasteiger partial charge in [-0.1, -0.05) is 6.07 Å². The summed E-state index contributed by atoms with van der Waals surface area (Å²) in [4.78, 5) is 23.1. The first-order valence-corrected chi connectivity index (χ1v) is 5.10. The molecule has 1 aromatic carbocycles. The fraction of sp³-hybridized carbons (Fsp3) is 0.385. The molecule has 0 aromatic heterocycles. The number of carbonyl (C=O) groups is 2. The lowest BCUT2D eigenvalue weighted by atomic mass is 9.92. The number of esters is 1. The van der Waals surface area contributed by atoms with E-state index < -0.39 is 11.8 Å². The summed E-state index contributed by atoms with van der Waals surface area (Å²) in [6.07, 6.45) is 0. The van der Waals surface area contributed by atoms with Crippen LogP contribution in [0.2, 0.25) is 0 Å². The van der Waals surface area contributed by atoms with Crippen molar-refractivity contribution in [2.45, 2.75) is 27.7 Å². The molecule has 0 aliphatic heterocycles. The smallest absolute Gasteiger partial charge is 0.379 e. The summed E-state index contributed by atoms with van der Waals surface area (Å²) in [7, 11) is 1.22. The Labute approximate surface area is 95.4 Å². The first kappa shape index (κ1) is 12.4. The van der Waals surface area contributed by atoms with Crippen LogP contribution >= 0.6 is 0 Å². The SMILES string of the molecule is COC(=O)C(=O)c1c(C)c(C)cc(C)c1C. The minimum absolute atomic E-state index is 0.476. The number of ether oxygens (including phenoxy) is 1. The van der Waals surface area contributed by atoms with Gasteiger partial charge in [0.1, 0.15) is 0 Å². The number of aryl methyl sites for hydroxylation is 2. The van der Waals surface area contributed by atoms with Crippen LogP contribution in [0.25, 0.3) is 0 Å². The average Bonchev–Trinajstić information content (AvgIpc) is 2.25. The molecule has 0 fully saturated rings. The van der Waals surface area contributed by atoms with Gasteiger partial charge in [0, 0.05) is 5.56 Å². The maximum Gasteiger partial charge on any atom is 0.379 e. The second-order valence-corrected chi connectivity index (χ2v) is 3.96. The van der Waals surface area contributed by atoms with E-state index in [1.54, 1.807) is 0 Å². The molecule has 1 aromatic rings. The van der Waals surface area contributed by atoms with E-state index in [0.29, 0.717) is 5.56 Å². The van der Waals surface area contributed by atoms with Crippen molar-refractivity contribution in [1.82, 2.24) is 0 Å². The molecule has 0 heterocycles. The highest BCUT2D eigenvalue weighted by molar-refractivity contribution is 6.41. The van der Waals surface area contributed by atoms with E-state index in [4.69, 9.17) is 0 Å². The van der Waals surface area contributed by atoms with Crippen LogP contribution in [-0.2, 0) is 9.53 Å². The Morgan fingerprint density at radius 1 is 1.00 bits per heavy atom. The van der Waals surface area contributed by atoms with Crippen LogP contribution in [0.4, 0.5) is 0 Å². The van der Waals surface area contributed by atoms with E-state index in [-0.39, 0.29) is 0 Å². The standard InChI is InChI=1S/C13H16O3/c1-7-6-8(2)10(4)11(9(7)3)12(14)13(15)16-5/h6H,1-5H3. The van der Waals surface area contributed by atoms with Gasteiger partial charge in [-0.25, -0.2) is 4.79 Å². The van der Waals surface area contributed by atoms with Gasteiger partial charge in [0.05, 0.1) is 7.11 Å². The van der Waals surface area contributed by atoms with Gasteiger partial charge in [0.15, 0.2) is 0 Å². The lowest BCUT2D eigenvalue weighted by molar-refractivity contribution is -0.135. The van der Waals surface area contributed by atoms with Gasteiger partial charge in [0.2, 0.25) is 0 Å². The molecule has 0 unspecified atom stereocenters. The van der Waals surface area contributed by atoms with Crippen LogP contribution < -0.4 is 0 Å². The molecule has 0 N–H and O–H groups in total. The Bertz CT molecular complexity index is 432. The number of Topliss-reactive ketones (excluding diaryl/α,β-unsaturated/α-hetero) is 1. The molecular weight excluding hydrogens is 204 g/mol. The number of carbonyl (C=O) groups excluding carboxylic acids is 2. The quantitative estimate of drug-likeness (QED) is 0.436. The van der Waals surface area contributed by atoms with Crippen molar-refractivity contribution in [2.75, 3.05) is 7.11 Å². The average molecular weight is 220 g/mol. The van der Waals surface area contributed by atoms with Crippen molar-refractivity contribution in [3.8, 4) is 0 Å². The Morgan fingerprint density at radius 2 is 1.44 bits per heavy atom. The molecule has 0 saturated heterocycles. The van der Waals surface area contributed by atoms with Crippen molar-refractivity contribution in [3.63, 3.8) is 0 Å². The normalized spacial score (nSPS) is 10.1. The maximum atomic E-state index is 11.8. The molecule has 86 valence electrons. The third-order valence-corrected chi connectivity index (χ3v) is 2.96. The molecule has 0 saturated carbocycles. The summed E-state index contributed by atoms with van der Waals surface area (Å²) in [6, 6.07) is 2.01. The molecule has 0 radical (unpaired) electrons. The number of hydrogen-bond acceptors (Lipinski definition) is 3. The predicted octanol–water partition coefficient (Wildman–Crippen LogP) is 2.28. The Kier molecular flexibility index (Phi) is 3.48. The van der Waals surface area contributed by atoms with Gasteiger partial charge < -0.3 is 4.74 Å². The lowest BCUT2D eigenvalue weighted by Crippen LogP contribution is -2.19. The van der Waals surface area contributed by atoms with Gasteiger partial charge in [-0.2, -0.15) is 0 Å². The number of methoxy groups -OCH3 is 1. The monoisotopic (exact) mass is 220 g/mol. The molecule has 0 aliphatic rings. The minimum atomic E-state index is -0.809. The largest absolute Gasteiger partial charge is 0.463 e.